The number of alkyl halides is 2. The van der Waals surface area contributed by atoms with Gasteiger partial charge in [0.1, 0.15) is 22.3 Å². The van der Waals surface area contributed by atoms with E-state index in [1.54, 1.807) is 18.2 Å². The molecule has 0 spiro atoms. The fourth-order valence-corrected chi connectivity index (χ4v) is 5.35. The molecule has 0 fully saturated rings. The molecule has 5 aromatic rings. The predicted molar refractivity (Wildman–Crippen MR) is 129 cm³/mol. The molecule has 0 bridgehead atoms. The van der Waals surface area contributed by atoms with Crippen molar-refractivity contribution in [1.82, 2.24) is 18.3 Å². The Bertz CT molecular complexity index is 1650. The summed E-state index contributed by atoms with van der Waals surface area (Å²) >= 11 is 2.29. The highest BCUT2D eigenvalue weighted by atomic mass is 32.1. The van der Waals surface area contributed by atoms with Crippen LogP contribution in [0.5, 0.6) is 5.75 Å². The topological polar surface area (TPSA) is 107 Å². The number of aromatic nitrogens is 4. The lowest BCUT2D eigenvalue weighted by atomic mass is 9.88. The average molecular weight is 525 g/mol. The third kappa shape index (κ3) is 3.88. The van der Waals surface area contributed by atoms with Gasteiger partial charge in [0.25, 0.3) is 5.79 Å². The number of carbonyl (C=O) groups is 1. The number of carbonyl (C=O) groups excluding carboxylic acids is 1. The lowest BCUT2D eigenvalue weighted by Crippen LogP contribution is -2.29. The van der Waals surface area contributed by atoms with E-state index in [9.17, 15) is 18.7 Å². The number of aliphatic hydroxyl groups is 1. The van der Waals surface area contributed by atoms with Crippen LogP contribution >= 0.6 is 23.3 Å². The van der Waals surface area contributed by atoms with Gasteiger partial charge < -0.3 is 14.6 Å². The first-order valence-electron chi connectivity index (χ1n) is 10.6. The summed E-state index contributed by atoms with van der Waals surface area (Å²) in [4.78, 5) is 13.2. The lowest BCUT2D eigenvalue weighted by Gasteiger charge is -2.26. The molecule has 0 saturated carbocycles. The van der Waals surface area contributed by atoms with Gasteiger partial charge in [-0.05, 0) is 71.2 Å². The van der Waals surface area contributed by atoms with Crippen molar-refractivity contribution in [2.45, 2.75) is 18.8 Å². The van der Waals surface area contributed by atoms with Gasteiger partial charge in [0.05, 0.1) is 22.0 Å². The van der Waals surface area contributed by atoms with Gasteiger partial charge in [0, 0.05) is 17.6 Å². The molecule has 12 heteroatoms. The number of nitrogens with zero attached hydrogens (tertiary/aromatic N) is 4. The van der Waals surface area contributed by atoms with Crippen LogP contribution in [0.15, 0.2) is 66.2 Å². The lowest BCUT2D eigenvalue weighted by molar-refractivity contribution is -0.185. The summed E-state index contributed by atoms with van der Waals surface area (Å²) in [7, 11) is 0. The fraction of sp³-hybridized carbons (Fsp3) is 0.125. The van der Waals surface area contributed by atoms with Gasteiger partial charge in [0.15, 0.2) is 0 Å². The first-order valence-corrected chi connectivity index (χ1v) is 12.1. The van der Waals surface area contributed by atoms with Gasteiger partial charge in [0.2, 0.25) is 0 Å². The number of benzene rings is 3. The molecule has 0 aliphatic carbocycles. The molecule has 0 saturated heterocycles. The van der Waals surface area contributed by atoms with Gasteiger partial charge in [-0.15, -0.1) is 5.10 Å². The molecule has 3 aromatic carbocycles. The van der Waals surface area contributed by atoms with E-state index in [0.717, 1.165) is 27.5 Å². The number of hydrogen-bond donors (Lipinski definition) is 1. The number of rotatable bonds is 6. The van der Waals surface area contributed by atoms with E-state index in [1.807, 2.05) is 18.2 Å². The zero-order valence-electron chi connectivity index (χ0n) is 18.1. The van der Waals surface area contributed by atoms with Crippen molar-refractivity contribution in [3.05, 3.63) is 82.9 Å². The van der Waals surface area contributed by atoms with Crippen LogP contribution in [-0.4, -0.2) is 36.0 Å². The average Bonchev–Trinajstić information content (AvgIpc) is 3.57. The first-order chi connectivity index (χ1) is 17.4. The van der Waals surface area contributed by atoms with Crippen LogP contribution in [0.25, 0.3) is 26.8 Å². The molecule has 2 aromatic heterocycles. The normalized spacial score (nSPS) is 17.9. The first kappa shape index (κ1) is 22.6. The number of hydrogen-bond acceptors (Lipinski definition) is 10. The molecule has 1 atom stereocenters. The molecule has 8 nitrogen and oxygen atoms in total. The minimum atomic E-state index is -2.99. The number of cyclic esters (lactones) is 1. The van der Waals surface area contributed by atoms with Crippen LogP contribution in [0.4, 0.5) is 8.78 Å². The van der Waals surface area contributed by atoms with Crippen molar-refractivity contribution < 1.29 is 28.2 Å². The molecule has 1 unspecified atom stereocenters. The van der Waals surface area contributed by atoms with E-state index in [-0.39, 0.29) is 23.3 Å². The van der Waals surface area contributed by atoms with Crippen molar-refractivity contribution in [1.29, 1.82) is 0 Å². The quantitative estimate of drug-likeness (QED) is 0.319. The van der Waals surface area contributed by atoms with Gasteiger partial charge in [-0.25, -0.2) is 4.79 Å². The molecular formula is C24H14F2N4O4S2. The maximum atomic E-state index is 13.2. The van der Waals surface area contributed by atoms with Crippen LogP contribution < -0.4 is 4.74 Å². The Kier molecular flexibility index (Phi) is 5.43. The third-order valence-electron chi connectivity index (χ3n) is 5.86. The molecule has 3 heterocycles. The molecule has 0 radical (unpaired) electrons. The van der Waals surface area contributed by atoms with E-state index < -0.39 is 18.4 Å². The number of halogens is 2. The highest BCUT2D eigenvalue weighted by molar-refractivity contribution is 7.12. The van der Waals surface area contributed by atoms with Crippen molar-refractivity contribution in [2.24, 2.45) is 0 Å². The van der Waals surface area contributed by atoms with Crippen molar-refractivity contribution in [2.75, 3.05) is 0 Å². The Morgan fingerprint density at radius 3 is 2.58 bits per heavy atom. The fourth-order valence-electron chi connectivity index (χ4n) is 4.21. The Hall–Kier alpha value is -3.87. The van der Waals surface area contributed by atoms with E-state index >= 15 is 0 Å². The van der Waals surface area contributed by atoms with E-state index in [1.165, 1.54) is 35.8 Å². The van der Waals surface area contributed by atoms with Gasteiger partial charge in [-0.3, -0.25) is 0 Å². The second-order valence-electron chi connectivity index (χ2n) is 8.01. The molecule has 180 valence electrons. The van der Waals surface area contributed by atoms with E-state index in [0.29, 0.717) is 22.2 Å². The SMILES string of the molecule is O=C1OC(O)(c2ccc(OC(F)F)cc2)C(Cc2ccc3nnsc3c2)=C1c1ccc2nsnc2c1. The predicted octanol–water partition coefficient (Wildman–Crippen LogP) is 4.70. The Morgan fingerprint density at radius 2 is 1.78 bits per heavy atom. The molecule has 6 rings (SSSR count). The molecule has 1 N–H and O–H groups in total. The number of ether oxygens (including phenoxy) is 2. The minimum absolute atomic E-state index is 0.0861. The smallest absolute Gasteiger partial charge is 0.387 e. The van der Waals surface area contributed by atoms with Crippen LogP contribution in [0, 0.1) is 0 Å². The van der Waals surface area contributed by atoms with Crippen molar-refractivity contribution >= 4 is 56.1 Å². The minimum Gasteiger partial charge on any atom is -0.435 e. The highest BCUT2D eigenvalue weighted by Crippen LogP contribution is 2.45. The largest absolute Gasteiger partial charge is 0.435 e. The summed E-state index contributed by atoms with van der Waals surface area (Å²) in [6.07, 6.45) is 0.161. The zero-order chi connectivity index (χ0) is 24.9. The maximum absolute atomic E-state index is 13.2. The third-order valence-corrected chi connectivity index (χ3v) is 7.11. The van der Waals surface area contributed by atoms with Crippen LogP contribution in [0.2, 0.25) is 0 Å². The number of esters is 1. The molecule has 36 heavy (non-hydrogen) atoms. The number of fused-ring (bicyclic) bond motifs is 2. The van der Waals surface area contributed by atoms with Crippen LogP contribution in [0.3, 0.4) is 0 Å². The van der Waals surface area contributed by atoms with E-state index in [2.05, 4.69) is 23.1 Å². The molecule has 1 aliphatic rings. The van der Waals surface area contributed by atoms with Crippen LogP contribution in [0.1, 0.15) is 16.7 Å². The van der Waals surface area contributed by atoms with Gasteiger partial charge in [-0.1, -0.05) is 16.6 Å². The monoisotopic (exact) mass is 524 g/mol. The summed E-state index contributed by atoms with van der Waals surface area (Å²) in [5, 5.41) is 15.8. The summed E-state index contributed by atoms with van der Waals surface area (Å²) in [5.41, 5.74) is 4.04. The highest BCUT2D eigenvalue weighted by Gasteiger charge is 2.48. The molecule has 0 amide bonds. The summed E-state index contributed by atoms with van der Waals surface area (Å²) in [6.45, 7) is -2.99. The van der Waals surface area contributed by atoms with Crippen molar-refractivity contribution in [3.63, 3.8) is 0 Å². The Balaban J connectivity index is 1.49. The summed E-state index contributed by atoms with van der Waals surface area (Å²) in [6, 6.07) is 16.1. The zero-order valence-corrected chi connectivity index (χ0v) is 19.7. The second kappa shape index (κ2) is 8.66. The van der Waals surface area contributed by atoms with Crippen molar-refractivity contribution in [3.8, 4) is 5.75 Å². The maximum Gasteiger partial charge on any atom is 0.387 e. The van der Waals surface area contributed by atoms with Crippen LogP contribution in [-0.2, 0) is 21.7 Å². The Labute approximate surface area is 209 Å². The standard InChI is InChI=1S/C24H14F2N4O4S2/c25-23(26)33-15-5-3-14(4-6-15)24(32)16(9-12-1-7-18-20(10-12)35-30-27-18)21(22(31)34-24)13-2-8-17-19(11-13)29-36-28-17/h1-8,10-11,23,32H,9H2. The molecular weight excluding hydrogens is 510 g/mol. The van der Waals surface area contributed by atoms with Gasteiger partial charge in [-0.2, -0.15) is 17.5 Å². The molecule has 1 aliphatic heterocycles. The summed E-state index contributed by atoms with van der Waals surface area (Å²) < 4.78 is 48.4. The van der Waals surface area contributed by atoms with E-state index in [4.69, 9.17) is 4.74 Å². The second-order valence-corrected chi connectivity index (χ2v) is 9.32. The van der Waals surface area contributed by atoms with Gasteiger partial charge >= 0.3 is 12.6 Å². The Morgan fingerprint density at radius 1 is 1.00 bits per heavy atom. The summed E-state index contributed by atoms with van der Waals surface area (Å²) in [5.74, 6) is -2.94.